The maximum absolute atomic E-state index is 13.3. The van der Waals surface area contributed by atoms with Crippen LogP contribution >= 0.6 is 0 Å². The normalized spacial score (nSPS) is 22.5. The molecule has 0 spiro atoms. The Bertz CT molecular complexity index is 2390. The van der Waals surface area contributed by atoms with Gasteiger partial charge in [0.25, 0.3) is 17.7 Å². The first-order valence-electron chi connectivity index (χ1n) is 21.4. The number of carbonyl (C=O) groups is 5. The first-order valence-corrected chi connectivity index (χ1v) is 21.4. The van der Waals surface area contributed by atoms with Gasteiger partial charge in [-0.1, -0.05) is 0 Å². The summed E-state index contributed by atoms with van der Waals surface area (Å²) in [5, 5.41) is 15.7. The monoisotopic (exact) mass is 824 g/mol. The number of nitrogens with zero attached hydrogens (tertiary/aromatic N) is 8. The molecule has 2 N–H and O–H groups in total. The highest BCUT2D eigenvalue weighted by molar-refractivity contribution is 6.23. The van der Waals surface area contributed by atoms with Gasteiger partial charge in [0.15, 0.2) is 0 Å². The van der Waals surface area contributed by atoms with Gasteiger partial charge in [-0.25, -0.2) is 9.97 Å². The van der Waals surface area contributed by atoms with E-state index in [2.05, 4.69) is 46.4 Å². The third-order valence-electron chi connectivity index (χ3n) is 13.0. The van der Waals surface area contributed by atoms with Crippen molar-refractivity contribution in [3.05, 3.63) is 83.3 Å². The molecule has 1 unspecified atom stereocenters. The second-order valence-corrected chi connectivity index (χ2v) is 16.7. The maximum Gasteiger partial charge on any atom is 0.262 e. The molecule has 1 saturated carbocycles. The molecule has 9 rings (SSSR count). The van der Waals surface area contributed by atoms with Crippen LogP contribution in [0.3, 0.4) is 0 Å². The highest BCUT2D eigenvalue weighted by atomic mass is 16.5. The molecule has 2 aromatic carbocycles. The van der Waals surface area contributed by atoms with E-state index in [-0.39, 0.29) is 30.9 Å². The van der Waals surface area contributed by atoms with Crippen LogP contribution in [0.25, 0.3) is 10.9 Å². The number of fused-ring (bicyclic) bond motifs is 2. The first-order chi connectivity index (χ1) is 29.7. The summed E-state index contributed by atoms with van der Waals surface area (Å²) >= 11 is 0. The second kappa shape index (κ2) is 17.3. The predicted molar refractivity (Wildman–Crippen MR) is 224 cm³/mol. The number of piperazine rings is 1. The zero-order valence-electron chi connectivity index (χ0n) is 33.9. The lowest BCUT2D eigenvalue weighted by molar-refractivity contribution is -0.136. The molecule has 2 aromatic heterocycles. The Hall–Kier alpha value is -6.47. The Balaban J connectivity index is 0.684. The van der Waals surface area contributed by atoms with Gasteiger partial charge in [0, 0.05) is 81.4 Å². The summed E-state index contributed by atoms with van der Waals surface area (Å²) in [7, 11) is 0. The Morgan fingerprint density at radius 3 is 2.33 bits per heavy atom. The number of piperidine rings is 2. The van der Waals surface area contributed by atoms with Gasteiger partial charge in [-0.05, 0) is 106 Å². The van der Waals surface area contributed by atoms with Crippen LogP contribution in [0.2, 0.25) is 0 Å². The fourth-order valence-corrected chi connectivity index (χ4v) is 9.39. The Morgan fingerprint density at radius 1 is 0.836 bits per heavy atom. The molecule has 3 saturated heterocycles. The summed E-state index contributed by atoms with van der Waals surface area (Å²) in [5.41, 5.74) is 3.09. The molecule has 314 valence electrons. The van der Waals surface area contributed by atoms with E-state index in [4.69, 9.17) is 4.74 Å². The average Bonchev–Trinajstić information content (AvgIpc) is 3.54. The number of aromatic nitrogens is 3. The predicted octanol–water partition coefficient (Wildman–Crippen LogP) is 3.85. The van der Waals surface area contributed by atoms with Crippen LogP contribution in [0.15, 0.2) is 61.1 Å². The van der Waals surface area contributed by atoms with Gasteiger partial charge in [0.05, 0.1) is 33.9 Å². The number of nitrogens with one attached hydrogen (secondary N) is 2. The van der Waals surface area contributed by atoms with Gasteiger partial charge < -0.3 is 19.9 Å². The van der Waals surface area contributed by atoms with Crippen molar-refractivity contribution in [1.29, 1.82) is 5.26 Å². The molecule has 16 nitrogen and oxygen atoms in total. The molecule has 5 amide bonds. The summed E-state index contributed by atoms with van der Waals surface area (Å²) in [6, 6.07) is 13.9. The minimum Gasteiger partial charge on any atom is -0.490 e. The van der Waals surface area contributed by atoms with Crippen LogP contribution in [0.1, 0.15) is 94.4 Å². The number of carbonyl (C=O) groups excluding carboxylic acids is 5. The second-order valence-electron chi connectivity index (χ2n) is 16.7. The molecule has 4 aromatic rings. The third kappa shape index (κ3) is 8.34. The van der Waals surface area contributed by atoms with Crippen LogP contribution in [-0.4, -0.2) is 118 Å². The Kier molecular flexibility index (Phi) is 11.3. The van der Waals surface area contributed by atoms with Gasteiger partial charge in [-0.2, -0.15) is 5.26 Å². The van der Waals surface area contributed by atoms with E-state index in [9.17, 15) is 29.2 Å². The molecular weight excluding hydrogens is 777 g/mol. The molecule has 5 aliphatic rings. The number of anilines is 2. The summed E-state index contributed by atoms with van der Waals surface area (Å²) in [5.74, 6) is -0.172. The molecule has 4 fully saturated rings. The number of rotatable bonds is 10. The smallest absolute Gasteiger partial charge is 0.262 e. The van der Waals surface area contributed by atoms with E-state index in [0.717, 1.165) is 112 Å². The summed E-state index contributed by atoms with van der Waals surface area (Å²) in [6.07, 6.45) is 11.6. The molecule has 1 aliphatic carbocycles. The number of hydrogen-bond acceptors (Lipinski definition) is 13. The van der Waals surface area contributed by atoms with Gasteiger partial charge >= 0.3 is 0 Å². The third-order valence-corrected chi connectivity index (χ3v) is 13.0. The van der Waals surface area contributed by atoms with Crippen molar-refractivity contribution in [3.63, 3.8) is 0 Å². The van der Waals surface area contributed by atoms with Crippen molar-refractivity contribution < 1.29 is 28.7 Å². The molecule has 0 radical (unpaired) electrons. The van der Waals surface area contributed by atoms with Crippen molar-refractivity contribution in [2.24, 2.45) is 5.92 Å². The minimum atomic E-state index is -0.974. The molecule has 6 heterocycles. The van der Waals surface area contributed by atoms with Crippen LogP contribution in [0.4, 0.5) is 11.6 Å². The van der Waals surface area contributed by atoms with Crippen molar-refractivity contribution >= 4 is 52.1 Å². The van der Waals surface area contributed by atoms with Crippen LogP contribution in [0, 0.1) is 17.2 Å². The van der Waals surface area contributed by atoms with E-state index < -0.39 is 29.7 Å². The largest absolute Gasteiger partial charge is 0.490 e. The highest BCUT2D eigenvalue weighted by Gasteiger charge is 2.45. The van der Waals surface area contributed by atoms with Crippen molar-refractivity contribution in [3.8, 4) is 11.8 Å². The topological polar surface area (TPSA) is 194 Å². The van der Waals surface area contributed by atoms with Crippen LogP contribution in [-0.2, 0) is 9.59 Å². The number of imide groups is 2. The zero-order chi connectivity index (χ0) is 42.0. The van der Waals surface area contributed by atoms with Gasteiger partial charge in [0.2, 0.25) is 17.8 Å². The Morgan fingerprint density at radius 2 is 1.59 bits per heavy atom. The van der Waals surface area contributed by atoms with E-state index in [1.54, 1.807) is 36.8 Å². The van der Waals surface area contributed by atoms with Crippen molar-refractivity contribution in [2.45, 2.75) is 76.0 Å². The summed E-state index contributed by atoms with van der Waals surface area (Å²) in [4.78, 5) is 85.1. The van der Waals surface area contributed by atoms with Gasteiger partial charge in [0.1, 0.15) is 17.9 Å². The highest BCUT2D eigenvalue weighted by Crippen LogP contribution is 2.33. The number of nitriles is 1. The zero-order valence-corrected chi connectivity index (χ0v) is 33.9. The quantitative estimate of drug-likeness (QED) is 0.219. The lowest BCUT2D eigenvalue weighted by Crippen LogP contribution is -2.54. The van der Waals surface area contributed by atoms with E-state index in [0.29, 0.717) is 39.6 Å². The number of pyridine rings is 1. The average molecular weight is 825 g/mol. The fraction of sp³-hybridized carbons (Fsp3) is 0.444. The minimum absolute atomic E-state index is 0.0180. The molecule has 0 bridgehead atoms. The summed E-state index contributed by atoms with van der Waals surface area (Å²) < 4.78 is 6.36. The van der Waals surface area contributed by atoms with Crippen LogP contribution < -0.4 is 25.2 Å². The van der Waals surface area contributed by atoms with E-state index in [1.165, 1.54) is 0 Å². The number of amides is 5. The first kappa shape index (κ1) is 40.0. The summed E-state index contributed by atoms with van der Waals surface area (Å²) in [6.45, 7) is 6.13. The van der Waals surface area contributed by atoms with Crippen LogP contribution in [0.5, 0.6) is 5.75 Å². The van der Waals surface area contributed by atoms with Crippen molar-refractivity contribution in [2.75, 3.05) is 55.6 Å². The SMILES string of the molecule is N#Cc1ccc(O[C@H]2CC[C@H](NC(=O)c3cnc(N4CCC(CCN5CCN(c6ccc7c(c6)C(=O)N(C6CCC(=O)NC6=O)C7=O)CC5)CC4)nc3)CC2)c2cccnc12. The molecular formula is C45H48N10O6. The number of hydrogen-bond donors (Lipinski definition) is 2. The number of benzene rings is 2. The lowest BCUT2D eigenvalue weighted by atomic mass is 9.92. The lowest BCUT2D eigenvalue weighted by Gasteiger charge is -2.37. The molecule has 1 atom stereocenters. The fourth-order valence-electron chi connectivity index (χ4n) is 9.39. The van der Waals surface area contributed by atoms with E-state index >= 15 is 0 Å². The maximum atomic E-state index is 13.3. The van der Waals surface area contributed by atoms with Gasteiger partial charge in [-0.3, -0.25) is 44.1 Å². The van der Waals surface area contributed by atoms with Crippen molar-refractivity contribution in [1.82, 2.24) is 35.4 Å². The standard InChI is InChI=1S/C45H48N10O6/c46-25-29-3-11-38(35-2-1-16-47-40(29)35)61-33-7-4-31(5-8-33)50-41(57)30-26-48-45(49-27-30)54-18-14-28(15-19-54)13-17-52-20-22-53(23-21-52)32-6-9-34-36(24-32)44(60)55(43(34)59)37-10-12-39(56)51-42(37)58/h1-3,6,9,11,16,24,26-28,31,33,37H,4-5,7-8,10,12-15,17-23H2,(H,50,57)(H,51,56,58)/t31-,33-,37?. The molecule has 16 heteroatoms. The molecule has 61 heavy (non-hydrogen) atoms. The number of ether oxygens (including phenoxy) is 1. The molecule has 4 aliphatic heterocycles. The van der Waals surface area contributed by atoms with Gasteiger partial charge in [-0.15, -0.1) is 0 Å². The van der Waals surface area contributed by atoms with E-state index in [1.807, 2.05) is 24.3 Å². The Labute approximate surface area is 353 Å².